The summed E-state index contributed by atoms with van der Waals surface area (Å²) in [6, 6.07) is 14.1. The third kappa shape index (κ3) is 2.28. The monoisotopic (exact) mass is 333 g/mol. The molecule has 1 heterocycles. The van der Waals surface area contributed by atoms with E-state index in [1.165, 1.54) is 0 Å². The van der Waals surface area contributed by atoms with Crippen molar-refractivity contribution >= 4 is 23.2 Å². The van der Waals surface area contributed by atoms with Gasteiger partial charge in [0.25, 0.3) is 0 Å². The van der Waals surface area contributed by atoms with Gasteiger partial charge in [0.05, 0.1) is 12.8 Å². The van der Waals surface area contributed by atoms with Crippen molar-refractivity contribution in [1.29, 1.82) is 0 Å². The van der Waals surface area contributed by atoms with E-state index in [4.69, 9.17) is 4.74 Å². The van der Waals surface area contributed by atoms with Gasteiger partial charge in [-0.1, -0.05) is 42.5 Å². The van der Waals surface area contributed by atoms with E-state index in [2.05, 4.69) is 5.32 Å². The Labute approximate surface area is 144 Å². The summed E-state index contributed by atoms with van der Waals surface area (Å²) < 4.78 is 5.39. The summed E-state index contributed by atoms with van der Waals surface area (Å²) in [4.78, 5) is 37.7. The van der Waals surface area contributed by atoms with Crippen molar-refractivity contribution in [3.8, 4) is 5.75 Å². The Balaban J connectivity index is 1.98. The summed E-state index contributed by atoms with van der Waals surface area (Å²) >= 11 is 0. The van der Waals surface area contributed by atoms with Crippen molar-refractivity contribution in [2.24, 2.45) is 0 Å². The Kier molecular flexibility index (Phi) is 3.50. The zero-order chi connectivity index (χ0) is 17.6. The van der Waals surface area contributed by atoms with Crippen LogP contribution in [0.2, 0.25) is 0 Å². The fraction of sp³-hybridized carbons (Fsp3) is 0.150. The number of hydrogen-bond donors (Lipinski definition) is 1. The smallest absolute Gasteiger partial charge is 0.233 e. The van der Waals surface area contributed by atoms with E-state index in [9.17, 15) is 14.4 Å². The maximum absolute atomic E-state index is 12.8. The molecule has 1 atom stereocenters. The standard InChI is InChI=1S/C20H15NO4/c1-25-15-9-5-4-6-11(15)14-10-16(22)21-18-12-7-2-3-8-13(12)19(23)20(24)17(14)18/h2-9,14H,10H2,1H3,(H,21,22). The molecule has 1 aliphatic carbocycles. The number of carbonyl (C=O) groups excluding carboxylic acids is 3. The molecule has 2 aromatic carbocycles. The average molecular weight is 333 g/mol. The van der Waals surface area contributed by atoms with Crippen LogP contribution in [0.1, 0.15) is 33.8 Å². The van der Waals surface area contributed by atoms with Gasteiger partial charge in [-0.3, -0.25) is 14.4 Å². The van der Waals surface area contributed by atoms with Crippen LogP contribution in [-0.2, 0) is 9.59 Å². The normalized spacial score (nSPS) is 19.2. The first-order valence-corrected chi connectivity index (χ1v) is 7.97. The number of methoxy groups -OCH3 is 1. The summed E-state index contributed by atoms with van der Waals surface area (Å²) in [5.74, 6) is -1.21. The largest absolute Gasteiger partial charge is 0.496 e. The van der Waals surface area contributed by atoms with Gasteiger partial charge in [0, 0.05) is 34.6 Å². The van der Waals surface area contributed by atoms with Crippen LogP contribution in [0.4, 0.5) is 0 Å². The molecule has 5 nitrogen and oxygen atoms in total. The molecule has 0 saturated heterocycles. The van der Waals surface area contributed by atoms with Crippen LogP contribution in [0.3, 0.4) is 0 Å². The van der Waals surface area contributed by atoms with Gasteiger partial charge in [-0.25, -0.2) is 0 Å². The average Bonchev–Trinajstić information content (AvgIpc) is 2.65. The van der Waals surface area contributed by atoms with Gasteiger partial charge in [-0.15, -0.1) is 0 Å². The Morgan fingerprint density at radius 2 is 1.60 bits per heavy atom. The first-order chi connectivity index (χ1) is 12.1. The second kappa shape index (κ2) is 5.70. The van der Waals surface area contributed by atoms with Crippen molar-refractivity contribution in [3.63, 3.8) is 0 Å². The van der Waals surface area contributed by atoms with Crippen LogP contribution < -0.4 is 10.1 Å². The number of benzene rings is 2. The van der Waals surface area contributed by atoms with Crippen molar-refractivity contribution in [1.82, 2.24) is 5.32 Å². The molecular formula is C20H15NO4. The second-order valence-corrected chi connectivity index (χ2v) is 6.04. The van der Waals surface area contributed by atoms with Gasteiger partial charge in [0.1, 0.15) is 5.75 Å². The first kappa shape index (κ1) is 15.3. The highest BCUT2D eigenvalue weighted by Crippen LogP contribution is 2.43. The number of para-hydroxylation sites is 1. The van der Waals surface area contributed by atoms with Crippen LogP contribution in [-0.4, -0.2) is 24.6 Å². The summed E-state index contributed by atoms with van der Waals surface area (Å²) in [5, 5.41) is 2.79. The highest BCUT2D eigenvalue weighted by Gasteiger charge is 2.41. The molecule has 1 aliphatic heterocycles. The Morgan fingerprint density at radius 3 is 2.36 bits per heavy atom. The van der Waals surface area contributed by atoms with Gasteiger partial charge < -0.3 is 10.1 Å². The van der Waals surface area contributed by atoms with E-state index >= 15 is 0 Å². The van der Waals surface area contributed by atoms with Crippen molar-refractivity contribution < 1.29 is 19.1 Å². The number of rotatable bonds is 2. The van der Waals surface area contributed by atoms with Crippen molar-refractivity contribution in [2.45, 2.75) is 12.3 Å². The molecule has 1 unspecified atom stereocenters. The van der Waals surface area contributed by atoms with Crippen molar-refractivity contribution in [2.75, 3.05) is 7.11 Å². The lowest BCUT2D eigenvalue weighted by molar-refractivity contribution is -0.120. The van der Waals surface area contributed by atoms with Crippen molar-refractivity contribution in [3.05, 3.63) is 70.8 Å². The number of ether oxygens (including phenoxy) is 1. The van der Waals surface area contributed by atoms with Crippen LogP contribution >= 0.6 is 0 Å². The minimum atomic E-state index is -0.565. The van der Waals surface area contributed by atoms with E-state index in [0.29, 0.717) is 28.1 Å². The van der Waals surface area contributed by atoms with Crippen LogP contribution in [0.15, 0.2) is 54.1 Å². The van der Waals surface area contributed by atoms with Gasteiger partial charge in [-0.05, 0) is 6.07 Å². The molecule has 2 aromatic rings. The van der Waals surface area contributed by atoms with E-state index in [-0.39, 0.29) is 12.3 Å². The van der Waals surface area contributed by atoms with Gasteiger partial charge >= 0.3 is 0 Å². The van der Waals surface area contributed by atoms with Crippen LogP contribution in [0, 0.1) is 0 Å². The highest BCUT2D eigenvalue weighted by atomic mass is 16.5. The number of Topliss-reactive ketones (excluding diaryl/α,β-unsaturated/α-hetero) is 2. The lowest BCUT2D eigenvalue weighted by atomic mass is 9.75. The third-order valence-corrected chi connectivity index (χ3v) is 4.68. The molecule has 0 bridgehead atoms. The molecule has 0 spiro atoms. The quantitative estimate of drug-likeness (QED) is 0.857. The third-order valence-electron chi connectivity index (χ3n) is 4.68. The molecule has 1 amide bonds. The number of fused-ring (bicyclic) bond motifs is 2. The molecule has 1 N–H and O–H groups in total. The topological polar surface area (TPSA) is 72.5 Å². The number of hydrogen-bond acceptors (Lipinski definition) is 4. The van der Waals surface area contributed by atoms with E-state index < -0.39 is 17.5 Å². The number of amides is 1. The number of carbonyl (C=O) groups is 3. The van der Waals surface area contributed by atoms with E-state index in [0.717, 1.165) is 5.56 Å². The molecule has 25 heavy (non-hydrogen) atoms. The SMILES string of the molecule is COc1ccccc1C1CC(=O)NC2=C1C(=O)C(=O)c1ccccc12. The maximum atomic E-state index is 12.8. The summed E-state index contributed by atoms with van der Waals surface area (Å²) in [6.07, 6.45) is 0.0976. The minimum Gasteiger partial charge on any atom is -0.496 e. The molecule has 0 radical (unpaired) electrons. The predicted molar refractivity (Wildman–Crippen MR) is 91.2 cm³/mol. The molecular weight excluding hydrogens is 318 g/mol. The Morgan fingerprint density at radius 1 is 0.920 bits per heavy atom. The van der Waals surface area contributed by atoms with E-state index in [1.54, 1.807) is 37.4 Å². The predicted octanol–water partition coefficient (Wildman–Crippen LogP) is 2.48. The molecule has 124 valence electrons. The number of allylic oxidation sites excluding steroid dienone is 1. The maximum Gasteiger partial charge on any atom is 0.233 e. The summed E-state index contributed by atoms with van der Waals surface area (Å²) in [5.41, 5.74) is 2.43. The molecule has 4 rings (SSSR count). The van der Waals surface area contributed by atoms with E-state index in [1.807, 2.05) is 18.2 Å². The molecule has 2 aliphatic rings. The Bertz CT molecular complexity index is 958. The van der Waals surface area contributed by atoms with Gasteiger partial charge in [0.15, 0.2) is 0 Å². The summed E-state index contributed by atoms with van der Waals surface area (Å²) in [7, 11) is 1.54. The molecule has 0 fully saturated rings. The number of ketones is 2. The zero-order valence-corrected chi connectivity index (χ0v) is 13.5. The first-order valence-electron chi connectivity index (χ1n) is 7.97. The summed E-state index contributed by atoms with van der Waals surface area (Å²) in [6.45, 7) is 0. The van der Waals surface area contributed by atoms with Crippen LogP contribution in [0.5, 0.6) is 5.75 Å². The fourth-order valence-corrected chi connectivity index (χ4v) is 3.57. The lowest BCUT2D eigenvalue weighted by Gasteiger charge is -2.32. The van der Waals surface area contributed by atoms with Gasteiger partial charge in [0.2, 0.25) is 17.5 Å². The minimum absolute atomic E-state index is 0.0976. The fourth-order valence-electron chi connectivity index (χ4n) is 3.57. The zero-order valence-electron chi connectivity index (χ0n) is 13.5. The molecule has 5 heteroatoms. The highest BCUT2D eigenvalue weighted by molar-refractivity contribution is 6.53. The van der Waals surface area contributed by atoms with Crippen LogP contribution in [0.25, 0.3) is 5.70 Å². The Hall–Kier alpha value is -3.21. The molecule has 0 aromatic heterocycles. The molecule has 0 saturated carbocycles. The lowest BCUT2D eigenvalue weighted by Crippen LogP contribution is -2.39. The number of nitrogens with one attached hydrogen (secondary N) is 1. The van der Waals surface area contributed by atoms with Gasteiger partial charge in [-0.2, -0.15) is 0 Å². The second-order valence-electron chi connectivity index (χ2n) is 6.04.